The summed E-state index contributed by atoms with van der Waals surface area (Å²) >= 11 is 5.21. The summed E-state index contributed by atoms with van der Waals surface area (Å²) in [6.07, 6.45) is 0. The molecule has 154 valence electrons. The first-order valence-electron chi connectivity index (χ1n) is 8.75. The summed E-state index contributed by atoms with van der Waals surface area (Å²) in [4.78, 5) is 10.5. The number of para-hydroxylation sites is 1. The van der Waals surface area contributed by atoms with Crippen LogP contribution in [0.15, 0.2) is 77.7 Å². The van der Waals surface area contributed by atoms with Crippen LogP contribution in [0.2, 0.25) is 0 Å². The summed E-state index contributed by atoms with van der Waals surface area (Å²) in [5.41, 5.74) is 2.30. The lowest BCUT2D eigenvalue weighted by Crippen LogP contribution is -2.19. The van der Waals surface area contributed by atoms with Gasteiger partial charge in [-0.15, -0.1) is 0 Å². The fraction of sp³-hybridized carbons (Fsp3) is 0.0500. The van der Waals surface area contributed by atoms with Gasteiger partial charge in [-0.3, -0.25) is 14.8 Å². The Kier molecular flexibility index (Phi) is 6.28. The summed E-state index contributed by atoms with van der Waals surface area (Å²) in [6, 6.07) is 19.1. The highest BCUT2D eigenvalue weighted by Crippen LogP contribution is 2.21. The molecule has 0 radical (unpaired) electrons. The Labute approximate surface area is 179 Å². The number of aryl methyl sites for hydroxylation is 1. The van der Waals surface area contributed by atoms with Crippen LogP contribution in [0.25, 0.3) is 0 Å². The van der Waals surface area contributed by atoms with Gasteiger partial charge < -0.3 is 10.6 Å². The molecule has 0 aliphatic rings. The zero-order valence-electron chi connectivity index (χ0n) is 15.8. The number of anilines is 3. The Bertz CT molecular complexity index is 1200. The van der Waals surface area contributed by atoms with E-state index in [1.807, 2.05) is 19.1 Å². The van der Waals surface area contributed by atoms with E-state index in [-0.39, 0.29) is 15.7 Å². The fourth-order valence-corrected chi connectivity index (χ4v) is 3.97. The lowest BCUT2D eigenvalue weighted by atomic mass is 10.2. The van der Waals surface area contributed by atoms with Gasteiger partial charge in [-0.25, -0.2) is 8.42 Å². The first-order chi connectivity index (χ1) is 14.2. The molecule has 3 rings (SSSR count). The van der Waals surface area contributed by atoms with Crippen LogP contribution in [0.3, 0.4) is 0 Å². The van der Waals surface area contributed by atoms with E-state index in [0.29, 0.717) is 17.1 Å². The predicted octanol–water partition coefficient (Wildman–Crippen LogP) is 4.51. The van der Waals surface area contributed by atoms with Crippen LogP contribution >= 0.6 is 12.2 Å². The van der Waals surface area contributed by atoms with Crippen LogP contribution in [0.5, 0.6) is 0 Å². The minimum absolute atomic E-state index is 0.0569. The SMILES string of the molecule is Cc1ccccc1NS(=O)(=O)c1ccc(NC(=S)Nc2cccc([N+](=O)[O-])c2)cc1. The minimum atomic E-state index is -3.73. The monoisotopic (exact) mass is 442 g/mol. The summed E-state index contributed by atoms with van der Waals surface area (Å²) in [5.74, 6) is 0. The summed E-state index contributed by atoms with van der Waals surface area (Å²) in [7, 11) is -3.73. The van der Waals surface area contributed by atoms with Gasteiger partial charge in [-0.1, -0.05) is 24.3 Å². The van der Waals surface area contributed by atoms with Crippen molar-refractivity contribution in [2.75, 3.05) is 15.4 Å². The van der Waals surface area contributed by atoms with Crippen molar-refractivity contribution in [3.63, 3.8) is 0 Å². The third kappa shape index (κ3) is 5.31. The van der Waals surface area contributed by atoms with E-state index >= 15 is 0 Å². The smallest absolute Gasteiger partial charge is 0.271 e. The quantitative estimate of drug-likeness (QED) is 0.292. The Hall–Kier alpha value is -3.50. The number of nitrogens with one attached hydrogen (secondary N) is 3. The Morgan fingerprint density at radius 2 is 1.60 bits per heavy atom. The Balaban J connectivity index is 1.66. The van der Waals surface area contributed by atoms with Crippen LogP contribution in [0.1, 0.15) is 5.56 Å². The van der Waals surface area contributed by atoms with Crippen LogP contribution in [0.4, 0.5) is 22.7 Å². The first kappa shape index (κ1) is 21.2. The van der Waals surface area contributed by atoms with Gasteiger partial charge in [0.25, 0.3) is 15.7 Å². The predicted molar refractivity (Wildman–Crippen MR) is 121 cm³/mol. The Morgan fingerprint density at radius 3 is 2.27 bits per heavy atom. The average molecular weight is 443 g/mol. The third-order valence-electron chi connectivity index (χ3n) is 4.13. The average Bonchev–Trinajstić information content (AvgIpc) is 2.70. The van der Waals surface area contributed by atoms with Crippen molar-refractivity contribution in [3.8, 4) is 0 Å². The highest BCUT2D eigenvalue weighted by atomic mass is 32.2. The molecule has 0 aromatic heterocycles. The largest absolute Gasteiger partial charge is 0.332 e. The number of nitro benzene ring substituents is 1. The summed E-state index contributed by atoms with van der Waals surface area (Å²) in [5, 5.41) is 16.8. The van der Waals surface area contributed by atoms with Crippen molar-refractivity contribution >= 4 is 50.1 Å². The standard InChI is InChI=1S/C20H18N4O4S2/c1-14-5-2-3-8-19(14)23-30(27,28)18-11-9-15(10-12-18)21-20(29)22-16-6-4-7-17(13-16)24(25)26/h2-13,23H,1H3,(H2,21,22,29). The van der Waals surface area contributed by atoms with Crippen LogP contribution in [-0.2, 0) is 10.0 Å². The number of nitro groups is 1. The van der Waals surface area contributed by atoms with Gasteiger partial charge in [0.2, 0.25) is 0 Å². The molecule has 0 amide bonds. The number of thiocarbonyl (C=S) groups is 1. The molecular formula is C20H18N4O4S2. The molecule has 0 unspecified atom stereocenters. The van der Waals surface area contributed by atoms with Crippen molar-refractivity contribution in [2.45, 2.75) is 11.8 Å². The number of non-ortho nitro benzene ring substituents is 1. The summed E-state index contributed by atoms with van der Waals surface area (Å²) in [6.45, 7) is 1.82. The molecule has 0 bridgehead atoms. The molecule has 10 heteroatoms. The second-order valence-electron chi connectivity index (χ2n) is 6.33. The normalized spacial score (nSPS) is 10.8. The van der Waals surface area contributed by atoms with Gasteiger partial charge in [0.15, 0.2) is 5.11 Å². The molecule has 0 spiro atoms. The molecular weight excluding hydrogens is 424 g/mol. The number of hydrogen-bond donors (Lipinski definition) is 3. The molecule has 0 fully saturated rings. The Morgan fingerprint density at radius 1 is 0.933 bits per heavy atom. The molecule has 0 saturated carbocycles. The highest BCUT2D eigenvalue weighted by Gasteiger charge is 2.15. The fourth-order valence-electron chi connectivity index (χ4n) is 2.60. The number of nitrogens with zero attached hydrogens (tertiary/aromatic N) is 1. The number of sulfonamides is 1. The minimum Gasteiger partial charge on any atom is -0.332 e. The van der Waals surface area contributed by atoms with E-state index < -0.39 is 14.9 Å². The topological polar surface area (TPSA) is 113 Å². The highest BCUT2D eigenvalue weighted by molar-refractivity contribution is 7.92. The van der Waals surface area contributed by atoms with Crippen molar-refractivity contribution in [2.24, 2.45) is 0 Å². The molecule has 0 atom stereocenters. The molecule has 0 aliphatic carbocycles. The van der Waals surface area contributed by atoms with Crippen molar-refractivity contribution in [3.05, 3.63) is 88.5 Å². The van der Waals surface area contributed by atoms with Crippen molar-refractivity contribution in [1.82, 2.24) is 0 Å². The van der Waals surface area contributed by atoms with Crippen LogP contribution in [-0.4, -0.2) is 18.5 Å². The van der Waals surface area contributed by atoms with Gasteiger partial charge in [-0.2, -0.15) is 0 Å². The van der Waals surface area contributed by atoms with E-state index in [1.54, 1.807) is 36.4 Å². The van der Waals surface area contributed by atoms with E-state index in [0.717, 1.165) is 5.56 Å². The van der Waals surface area contributed by atoms with E-state index in [2.05, 4.69) is 15.4 Å². The van der Waals surface area contributed by atoms with Gasteiger partial charge in [0.1, 0.15) is 0 Å². The van der Waals surface area contributed by atoms with Gasteiger partial charge in [0, 0.05) is 23.5 Å². The molecule has 0 heterocycles. The second-order valence-corrected chi connectivity index (χ2v) is 8.42. The maximum atomic E-state index is 12.6. The van der Waals surface area contributed by atoms with E-state index in [1.165, 1.54) is 24.3 Å². The third-order valence-corrected chi connectivity index (χ3v) is 5.71. The number of hydrogen-bond acceptors (Lipinski definition) is 5. The zero-order valence-corrected chi connectivity index (χ0v) is 17.5. The van der Waals surface area contributed by atoms with Crippen molar-refractivity contribution < 1.29 is 13.3 Å². The van der Waals surface area contributed by atoms with E-state index in [9.17, 15) is 18.5 Å². The molecule has 0 aliphatic heterocycles. The zero-order chi connectivity index (χ0) is 21.7. The van der Waals surface area contributed by atoms with Crippen molar-refractivity contribution in [1.29, 1.82) is 0 Å². The molecule has 0 saturated heterocycles. The van der Waals surface area contributed by atoms with E-state index in [4.69, 9.17) is 12.2 Å². The maximum Gasteiger partial charge on any atom is 0.271 e. The summed E-state index contributed by atoms with van der Waals surface area (Å²) < 4.78 is 27.8. The van der Waals surface area contributed by atoms with Gasteiger partial charge in [0.05, 0.1) is 15.5 Å². The number of benzene rings is 3. The first-order valence-corrected chi connectivity index (χ1v) is 10.6. The molecule has 3 N–H and O–H groups in total. The second kappa shape index (κ2) is 8.89. The molecule has 3 aromatic carbocycles. The van der Waals surface area contributed by atoms with Crippen LogP contribution in [0, 0.1) is 17.0 Å². The molecule has 3 aromatic rings. The van der Waals surface area contributed by atoms with Gasteiger partial charge in [-0.05, 0) is 61.1 Å². The molecule has 8 nitrogen and oxygen atoms in total. The molecule has 30 heavy (non-hydrogen) atoms. The number of rotatable bonds is 6. The van der Waals surface area contributed by atoms with Crippen LogP contribution < -0.4 is 15.4 Å². The van der Waals surface area contributed by atoms with Gasteiger partial charge >= 0.3 is 0 Å². The maximum absolute atomic E-state index is 12.6. The lowest BCUT2D eigenvalue weighted by Gasteiger charge is -2.12. The lowest BCUT2D eigenvalue weighted by molar-refractivity contribution is -0.384.